The molecule has 0 aliphatic carbocycles. The summed E-state index contributed by atoms with van der Waals surface area (Å²) in [5, 5.41) is 10.5. The van der Waals surface area contributed by atoms with Crippen molar-refractivity contribution in [2.45, 2.75) is 25.5 Å². The van der Waals surface area contributed by atoms with Crippen LogP contribution in [-0.4, -0.2) is 44.7 Å². The topological polar surface area (TPSA) is 58.4 Å². The van der Waals surface area contributed by atoms with Crippen molar-refractivity contribution in [3.05, 3.63) is 42.4 Å². The van der Waals surface area contributed by atoms with Gasteiger partial charge >= 0.3 is 0 Å². The lowest BCUT2D eigenvalue weighted by Crippen LogP contribution is -2.48. The van der Waals surface area contributed by atoms with Crippen LogP contribution in [0.2, 0.25) is 0 Å². The molecule has 0 spiro atoms. The van der Waals surface area contributed by atoms with Crippen LogP contribution in [0.3, 0.4) is 0 Å². The van der Waals surface area contributed by atoms with Gasteiger partial charge in [0.15, 0.2) is 0 Å². The number of amides is 1. The second-order valence-corrected chi connectivity index (χ2v) is 6.20. The van der Waals surface area contributed by atoms with Crippen molar-refractivity contribution in [2.24, 2.45) is 5.92 Å². The lowest BCUT2D eigenvalue weighted by Gasteiger charge is -2.39. The molecule has 22 heavy (non-hydrogen) atoms. The molecule has 5 heteroatoms. The van der Waals surface area contributed by atoms with Gasteiger partial charge in [0.1, 0.15) is 0 Å². The van der Waals surface area contributed by atoms with Gasteiger partial charge in [-0.25, -0.2) is 4.98 Å². The Balaban J connectivity index is 1.77. The second-order valence-electron chi connectivity index (χ2n) is 6.20. The zero-order valence-electron chi connectivity index (χ0n) is 12.5. The summed E-state index contributed by atoms with van der Waals surface area (Å²) in [6, 6.07) is 8.32. The summed E-state index contributed by atoms with van der Waals surface area (Å²) in [5.74, 6) is 0.0725. The molecular weight excluding hydrogens is 278 g/mol. The van der Waals surface area contributed by atoms with E-state index in [9.17, 15) is 9.90 Å². The van der Waals surface area contributed by atoms with Gasteiger partial charge in [-0.2, -0.15) is 0 Å². The lowest BCUT2D eigenvalue weighted by molar-refractivity contribution is -0.133. The van der Waals surface area contributed by atoms with Gasteiger partial charge < -0.3 is 14.6 Å². The zero-order chi connectivity index (χ0) is 15.3. The van der Waals surface area contributed by atoms with Crippen LogP contribution in [0.4, 0.5) is 0 Å². The number of benzene rings is 1. The summed E-state index contributed by atoms with van der Waals surface area (Å²) in [7, 11) is 0. The minimum absolute atomic E-state index is 0.00532. The summed E-state index contributed by atoms with van der Waals surface area (Å²) < 4.78 is 2.14. The van der Waals surface area contributed by atoms with E-state index in [1.165, 1.54) is 11.1 Å². The first kappa shape index (κ1) is 13.5. The molecule has 3 atom stereocenters. The fraction of sp³-hybridized carbons (Fsp3) is 0.412. The van der Waals surface area contributed by atoms with Crippen LogP contribution in [0.15, 0.2) is 36.8 Å². The third-order valence-corrected chi connectivity index (χ3v) is 4.99. The van der Waals surface area contributed by atoms with Crippen LogP contribution in [0.5, 0.6) is 0 Å². The molecule has 5 nitrogen and oxygen atoms in total. The summed E-state index contributed by atoms with van der Waals surface area (Å²) >= 11 is 0. The van der Waals surface area contributed by atoms with E-state index in [1.807, 2.05) is 29.6 Å². The normalized spacial score (nSPS) is 26.6. The maximum Gasteiger partial charge on any atom is 0.219 e. The number of imidazole rings is 1. The number of piperidine rings is 1. The highest BCUT2D eigenvalue weighted by Gasteiger charge is 2.40. The predicted molar refractivity (Wildman–Crippen MR) is 82.2 cm³/mol. The number of hydrogen-bond donors (Lipinski definition) is 1. The molecule has 1 aromatic heterocycles. The van der Waals surface area contributed by atoms with E-state index in [0.29, 0.717) is 19.5 Å². The molecule has 0 saturated carbocycles. The van der Waals surface area contributed by atoms with Crippen molar-refractivity contribution >= 4 is 5.91 Å². The number of aliphatic hydroxyl groups is 1. The average molecular weight is 297 g/mol. The van der Waals surface area contributed by atoms with E-state index in [4.69, 9.17) is 0 Å². The smallest absolute Gasteiger partial charge is 0.219 e. The molecule has 1 fully saturated rings. The fourth-order valence-corrected chi connectivity index (χ4v) is 3.88. The Morgan fingerprint density at radius 1 is 1.36 bits per heavy atom. The Morgan fingerprint density at radius 2 is 2.18 bits per heavy atom. The van der Waals surface area contributed by atoms with Crippen molar-refractivity contribution in [3.8, 4) is 11.3 Å². The maximum atomic E-state index is 11.7. The van der Waals surface area contributed by atoms with Crippen LogP contribution in [0, 0.1) is 5.92 Å². The SMILES string of the molecule is CC(=O)N1CC[C@H](O)[C@@H]([C@H]2c3ccccc3-c3cncn32)C1. The van der Waals surface area contributed by atoms with E-state index in [2.05, 4.69) is 21.7 Å². The van der Waals surface area contributed by atoms with Gasteiger partial charge in [0.25, 0.3) is 0 Å². The maximum absolute atomic E-state index is 11.7. The van der Waals surface area contributed by atoms with E-state index >= 15 is 0 Å². The first-order valence-corrected chi connectivity index (χ1v) is 7.71. The van der Waals surface area contributed by atoms with E-state index in [0.717, 1.165) is 5.69 Å². The lowest BCUT2D eigenvalue weighted by atomic mass is 9.84. The molecule has 114 valence electrons. The van der Waals surface area contributed by atoms with Crippen LogP contribution in [-0.2, 0) is 4.79 Å². The third-order valence-electron chi connectivity index (χ3n) is 4.99. The molecule has 1 N–H and O–H groups in total. The van der Waals surface area contributed by atoms with Crippen LogP contribution < -0.4 is 0 Å². The molecule has 2 aliphatic rings. The van der Waals surface area contributed by atoms with Gasteiger partial charge in [-0.3, -0.25) is 4.79 Å². The van der Waals surface area contributed by atoms with Gasteiger partial charge in [0.05, 0.1) is 30.4 Å². The highest BCUT2D eigenvalue weighted by molar-refractivity contribution is 5.73. The van der Waals surface area contributed by atoms with E-state index in [-0.39, 0.29) is 17.9 Å². The van der Waals surface area contributed by atoms with Gasteiger partial charge in [0, 0.05) is 31.5 Å². The molecule has 0 unspecified atom stereocenters. The van der Waals surface area contributed by atoms with Crippen molar-refractivity contribution in [1.29, 1.82) is 0 Å². The number of carbonyl (C=O) groups excluding carboxylic acids is 1. The fourth-order valence-electron chi connectivity index (χ4n) is 3.88. The number of aromatic nitrogens is 2. The third kappa shape index (κ3) is 1.89. The molecule has 0 bridgehead atoms. The standard InChI is InChI=1S/C17H19N3O2/c1-11(21)19-7-6-16(22)14(9-19)17-13-5-3-2-4-12(13)15-8-18-10-20(15)17/h2-5,8,10,14,16-17,22H,6-7,9H2,1H3/t14-,16-,17+/m0/s1. The highest BCUT2D eigenvalue weighted by atomic mass is 16.3. The molecule has 2 aliphatic heterocycles. The van der Waals surface area contributed by atoms with Crippen molar-refractivity contribution in [1.82, 2.24) is 14.5 Å². The number of hydrogen-bond acceptors (Lipinski definition) is 3. The van der Waals surface area contributed by atoms with Crippen LogP contribution in [0.25, 0.3) is 11.3 Å². The number of likely N-dealkylation sites (tertiary alicyclic amines) is 1. The van der Waals surface area contributed by atoms with Gasteiger partial charge in [-0.05, 0) is 12.0 Å². The van der Waals surface area contributed by atoms with Crippen molar-refractivity contribution in [3.63, 3.8) is 0 Å². The minimum Gasteiger partial charge on any atom is -0.393 e. The molecule has 4 rings (SSSR count). The van der Waals surface area contributed by atoms with E-state index in [1.54, 1.807) is 6.92 Å². The molecule has 1 aromatic carbocycles. The summed E-state index contributed by atoms with van der Waals surface area (Å²) in [4.78, 5) is 17.8. The van der Waals surface area contributed by atoms with Crippen LogP contribution >= 0.6 is 0 Å². The number of carbonyl (C=O) groups is 1. The Morgan fingerprint density at radius 3 is 3.00 bits per heavy atom. The van der Waals surface area contributed by atoms with Gasteiger partial charge in [-0.1, -0.05) is 24.3 Å². The summed E-state index contributed by atoms with van der Waals surface area (Å²) in [5.41, 5.74) is 3.49. The second kappa shape index (κ2) is 4.95. The monoisotopic (exact) mass is 297 g/mol. The first-order chi connectivity index (χ1) is 10.7. The molecular formula is C17H19N3O2. The Hall–Kier alpha value is -2.14. The summed E-state index contributed by atoms with van der Waals surface area (Å²) in [6.07, 6.45) is 3.94. The summed E-state index contributed by atoms with van der Waals surface area (Å²) in [6.45, 7) is 2.82. The van der Waals surface area contributed by atoms with E-state index < -0.39 is 6.10 Å². The van der Waals surface area contributed by atoms with Gasteiger partial charge in [-0.15, -0.1) is 0 Å². The predicted octanol–water partition coefficient (Wildman–Crippen LogP) is 1.68. The molecule has 0 radical (unpaired) electrons. The van der Waals surface area contributed by atoms with Gasteiger partial charge in [0.2, 0.25) is 5.91 Å². The molecule has 1 amide bonds. The average Bonchev–Trinajstić information content (AvgIpc) is 3.08. The van der Waals surface area contributed by atoms with Crippen LogP contribution in [0.1, 0.15) is 24.9 Å². The molecule has 3 heterocycles. The number of nitrogens with zero attached hydrogens (tertiary/aromatic N) is 3. The van der Waals surface area contributed by atoms with Crippen molar-refractivity contribution in [2.75, 3.05) is 13.1 Å². The number of aliphatic hydroxyl groups excluding tert-OH is 1. The largest absolute Gasteiger partial charge is 0.393 e. The van der Waals surface area contributed by atoms with Crippen molar-refractivity contribution < 1.29 is 9.90 Å². The Labute approximate surface area is 129 Å². The Bertz CT molecular complexity index is 724. The molecule has 1 saturated heterocycles. The number of fused-ring (bicyclic) bond motifs is 3. The minimum atomic E-state index is -0.401. The highest BCUT2D eigenvalue weighted by Crippen LogP contribution is 2.44. The quantitative estimate of drug-likeness (QED) is 0.871. The zero-order valence-corrected chi connectivity index (χ0v) is 12.5. The Kier molecular flexibility index (Phi) is 3.04. The molecule has 2 aromatic rings. The first-order valence-electron chi connectivity index (χ1n) is 7.71. The number of rotatable bonds is 1.